The van der Waals surface area contributed by atoms with Gasteiger partial charge < -0.3 is 14.5 Å². The number of rotatable bonds is 5. The summed E-state index contributed by atoms with van der Waals surface area (Å²) in [6, 6.07) is 10.8. The van der Waals surface area contributed by atoms with Crippen molar-refractivity contribution in [2.75, 3.05) is 24.6 Å². The van der Waals surface area contributed by atoms with Crippen LogP contribution >= 0.6 is 15.9 Å². The van der Waals surface area contributed by atoms with Crippen molar-refractivity contribution in [2.24, 2.45) is 0 Å². The molecule has 31 heavy (non-hydrogen) atoms. The lowest BCUT2D eigenvalue weighted by Gasteiger charge is -2.41. The molecule has 0 radical (unpaired) electrons. The zero-order valence-corrected chi connectivity index (χ0v) is 18.5. The van der Waals surface area contributed by atoms with E-state index in [2.05, 4.69) is 31.9 Å². The number of halogens is 2. The minimum absolute atomic E-state index is 0.00570. The van der Waals surface area contributed by atoms with Gasteiger partial charge in [0.15, 0.2) is 0 Å². The molecule has 160 valence electrons. The van der Waals surface area contributed by atoms with E-state index < -0.39 is 5.60 Å². The Balaban J connectivity index is 1.22. The smallest absolute Gasteiger partial charge is 0.248 e. The Morgan fingerprint density at radius 1 is 1.26 bits per heavy atom. The average molecular weight is 485 g/mol. The number of pyridine rings is 1. The van der Waals surface area contributed by atoms with Gasteiger partial charge >= 0.3 is 0 Å². The van der Waals surface area contributed by atoms with Crippen molar-refractivity contribution in [1.82, 2.24) is 9.88 Å². The summed E-state index contributed by atoms with van der Waals surface area (Å²) >= 11 is 3.42. The summed E-state index contributed by atoms with van der Waals surface area (Å²) in [6.07, 6.45) is 5.29. The van der Waals surface area contributed by atoms with E-state index in [9.17, 15) is 9.18 Å². The number of nitriles is 1. The number of carbonyl (C=O) groups excluding carboxylic acids is 1. The Morgan fingerprint density at radius 2 is 2.00 bits per heavy atom. The van der Waals surface area contributed by atoms with Crippen LogP contribution in [0.25, 0.3) is 0 Å². The third kappa shape index (κ3) is 3.81. The molecule has 3 fully saturated rings. The van der Waals surface area contributed by atoms with Crippen molar-refractivity contribution in [2.45, 2.75) is 43.4 Å². The Kier molecular flexibility index (Phi) is 5.19. The van der Waals surface area contributed by atoms with Gasteiger partial charge in [-0.1, -0.05) is 22.0 Å². The normalized spacial score (nSPS) is 23.5. The number of benzene rings is 1. The van der Waals surface area contributed by atoms with E-state index >= 15 is 0 Å². The second-order valence-corrected chi connectivity index (χ2v) is 9.37. The van der Waals surface area contributed by atoms with Crippen LogP contribution in [0.4, 0.5) is 10.2 Å². The molecular formula is C23H22BrFN4O2. The second kappa shape index (κ2) is 7.88. The maximum absolute atomic E-state index is 13.4. The number of fused-ring (bicyclic) bond motifs is 2. The SMILES string of the molecule is N#Cc1ccc(N2C3CC[C@H]2CN(C(=O)COC2(c4ccc(F)cc4Br)CC2)C3)nc1. The lowest BCUT2D eigenvalue weighted by Crippen LogP contribution is -2.56. The fraction of sp³-hybridized carbons (Fsp3) is 0.435. The molecule has 2 bridgehead atoms. The molecule has 6 nitrogen and oxygen atoms in total. The zero-order valence-electron chi connectivity index (χ0n) is 16.9. The average Bonchev–Trinajstić information content (AvgIpc) is 3.51. The quantitative estimate of drug-likeness (QED) is 0.646. The van der Waals surface area contributed by atoms with Crippen molar-refractivity contribution in [1.29, 1.82) is 5.26 Å². The van der Waals surface area contributed by atoms with E-state index in [-0.39, 0.29) is 30.4 Å². The minimum atomic E-state index is -0.491. The molecule has 2 aromatic rings. The molecule has 1 aliphatic carbocycles. The monoisotopic (exact) mass is 484 g/mol. The predicted octanol–water partition coefficient (Wildman–Crippen LogP) is 3.74. The molecule has 2 aliphatic heterocycles. The fourth-order valence-electron chi connectivity index (χ4n) is 4.84. The highest BCUT2D eigenvalue weighted by atomic mass is 79.9. The molecule has 0 N–H and O–H groups in total. The van der Waals surface area contributed by atoms with Gasteiger partial charge in [0.1, 0.15) is 24.3 Å². The van der Waals surface area contributed by atoms with Gasteiger partial charge in [0.2, 0.25) is 5.91 Å². The molecular weight excluding hydrogens is 463 g/mol. The second-order valence-electron chi connectivity index (χ2n) is 8.51. The minimum Gasteiger partial charge on any atom is -0.360 e. The van der Waals surface area contributed by atoms with Crippen LogP contribution in [-0.4, -0.2) is 47.6 Å². The van der Waals surface area contributed by atoms with E-state index in [1.165, 1.54) is 12.1 Å². The van der Waals surface area contributed by atoms with Crippen LogP contribution < -0.4 is 4.90 Å². The molecule has 1 aromatic carbocycles. The summed E-state index contributed by atoms with van der Waals surface area (Å²) < 4.78 is 20.2. The van der Waals surface area contributed by atoms with Crippen LogP contribution in [-0.2, 0) is 15.1 Å². The van der Waals surface area contributed by atoms with Gasteiger partial charge in [-0.05, 0) is 55.5 Å². The van der Waals surface area contributed by atoms with Crippen molar-refractivity contribution >= 4 is 27.7 Å². The van der Waals surface area contributed by atoms with E-state index in [1.54, 1.807) is 18.3 Å². The van der Waals surface area contributed by atoms with Crippen molar-refractivity contribution in [3.63, 3.8) is 0 Å². The molecule has 1 aromatic heterocycles. The molecule has 3 heterocycles. The highest BCUT2D eigenvalue weighted by Gasteiger charge is 2.48. The molecule has 1 unspecified atom stereocenters. The number of nitrogens with zero attached hydrogens (tertiary/aromatic N) is 4. The van der Waals surface area contributed by atoms with E-state index in [1.807, 2.05) is 11.0 Å². The lowest BCUT2D eigenvalue weighted by atomic mass is 10.1. The predicted molar refractivity (Wildman–Crippen MR) is 116 cm³/mol. The number of amides is 1. The first-order valence-corrected chi connectivity index (χ1v) is 11.3. The van der Waals surface area contributed by atoms with Gasteiger partial charge in [-0.3, -0.25) is 4.79 Å². The molecule has 1 amide bonds. The van der Waals surface area contributed by atoms with Crippen molar-refractivity contribution in [3.05, 3.63) is 57.9 Å². The number of likely N-dealkylation sites (tertiary alicyclic amines) is 1. The number of anilines is 1. The van der Waals surface area contributed by atoms with Crippen molar-refractivity contribution < 1.29 is 13.9 Å². The van der Waals surface area contributed by atoms with Gasteiger partial charge in [-0.2, -0.15) is 5.26 Å². The van der Waals surface area contributed by atoms with Crippen molar-refractivity contribution in [3.8, 4) is 6.07 Å². The maximum Gasteiger partial charge on any atom is 0.248 e. The molecule has 2 saturated heterocycles. The first-order chi connectivity index (χ1) is 15.0. The molecule has 1 saturated carbocycles. The first kappa shape index (κ1) is 20.4. The van der Waals surface area contributed by atoms with Crippen LogP contribution in [0.15, 0.2) is 41.0 Å². The van der Waals surface area contributed by atoms with Crippen LogP contribution in [0, 0.1) is 17.1 Å². The van der Waals surface area contributed by atoms with E-state index in [4.69, 9.17) is 10.00 Å². The van der Waals surface area contributed by atoms with Gasteiger partial charge in [0, 0.05) is 35.8 Å². The van der Waals surface area contributed by atoms with E-state index in [0.29, 0.717) is 23.1 Å². The largest absolute Gasteiger partial charge is 0.360 e. The summed E-state index contributed by atoms with van der Waals surface area (Å²) in [5.74, 6) is 0.564. The van der Waals surface area contributed by atoms with Gasteiger partial charge in [-0.25, -0.2) is 9.37 Å². The highest BCUT2D eigenvalue weighted by Crippen LogP contribution is 2.51. The Labute approximate surface area is 188 Å². The summed E-state index contributed by atoms with van der Waals surface area (Å²) in [4.78, 5) is 21.6. The van der Waals surface area contributed by atoms with Gasteiger partial charge in [0.05, 0.1) is 11.2 Å². The van der Waals surface area contributed by atoms with Crippen LogP contribution in [0.5, 0.6) is 0 Å². The van der Waals surface area contributed by atoms with Crippen LogP contribution in [0.1, 0.15) is 36.8 Å². The number of hydrogen-bond donors (Lipinski definition) is 0. The Hall–Kier alpha value is -2.50. The maximum atomic E-state index is 13.4. The summed E-state index contributed by atoms with van der Waals surface area (Å²) in [7, 11) is 0. The van der Waals surface area contributed by atoms with Crippen LogP contribution in [0.3, 0.4) is 0 Å². The first-order valence-electron chi connectivity index (χ1n) is 10.5. The van der Waals surface area contributed by atoms with Crippen LogP contribution in [0.2, 0.25) is 0 Å². The molecule has 3 aliphatic rings. The molecule has 2 atom stereocenters. The number of ether oxygens (including phenoxy) is 1. The number of aromatic nitrogens is 1. The fourth-order valence-corrected chi connectivity index (χ4v) is 5.55. The summed E-state index contributed by atoms with van der Waals surface area (Å²) in [5.41, 5.74) is 0.956. The Morgan fingerprint density at radius 3 is 2.58 bits per heavy atom. The number of carbonyl (C=O) groups is 1. The van der Waals surface area contributed by atoms with Gasteiger partial charge in [-0.15, -0.1) is 0 Å². The number of piperazine rings is 1. The standard InChI is InChI=1S/C23H22BrFN4O2/c24-20-9-16(25)2-5-19(20)23(7-8-23)31-14-22(30)28-12-17-3-4-18(13-28)29(17)21-6-1-15(10-26)11-27-21/h1-2,5-6,9,11,17-18H,3-4,7-8,12-14H2/t17-,18?/m0/s1. The third-order valence-corrected chi connectivity index (χ3v) is 7.23. The molecule has 8 heteroatoms. The summed E-state index contributed by atoms with van der Waals surface area (Å²) in [6.45, 7) is 1.32. The lowest BCUT2D eigenvalue weighted by molar-refractivity contribution is -0.140. The van der Waals surface area contributed by atoms with Gasteiger partial charge in [0.25, 0.3) is 0 Å². The topological polar surface area (TPSA) is 69.5 Å². The summed E-state index contributed by atoms with van der Waals surface area (Å²) in [5, 5.41) is 8.98. The zero-order chi connectivity index (χ0) is 21.6. The number of hydrogen-bond acceptors (Lipinski definition) is 5. The molecule has 0 spiro atoms. The highest BCUT2D eigenvalue weighted by molar-refractivity contribution is 9.10. The third-order valence-electron chi connectivity index (χ3n) is 6.57. The van der Waals surface area contributed by atoms with E-state index in [0.717, 1.165) is 37.1 Å². The Bertz CT molecular complexity index is 1040. The molecule has 5 rings (SSSR count).